The summed E-state index contributed by atoms with van der Waals surface area (Å²) >= 11 is 0. The molecule has 0 unspecified atom stereocenters. The summed E-state index contributed by atoms with van der Waals surface area (Å²) in [5.41, 5.74) is 0.0150. The maximum Gasteiger partial charge on any atom is 0.270 e. The van der Waals surface area contributed by atoms with E-state index in [0.29, 0.717) is 6.32 Å². The molecule has 0 bridgehead atoms. The zero-order valence-electron chi connectivity index (χ0n) is 6.66. The lowest BCUT2D eigenvalue weighted by Crippen LogP contribution is -2.08. The van der Waals surface area contributed by atoms with E-state index in [-0.39, 0.29) is 12.4 Å². The van der Waals surface area contributed by atoms with E-state index in [9.17, 15) is 4.57 Å². The van der Waals surface area contributed by atoms with Gasteiger partial charge in [0, 0.05) is 0 Å². The summed E-state index contributed by atoms with van der Waals surface area (Å²) in [5.74, 6) is 0. The minimum absolute atomic E-state index is 0.00347. The van der Waals surface area contributed by atoms with Crippen LogP contribution in [0.4, 0.5) is 0 Å². The monoisotopic (exact) mass is 164 g/mol. The quantitative estimate of drug-likeness (QED) is 0.472. The lowest BCUT2D eigenvalue weighted by Gasteiger charge is -2.16. The van der Waals surface area contributed by atoms with Crippen LogP contribution in [-0.2, 0) is 4.57 Å². The van der Waals surface area contributed by atoms with Crippen LogP contribution in [0.5, 0.6) is 0 Å². The Morgan fingerprint density at radius 1 is 1.40 bits per heavy atom. The molecule has 0 fully saturated rings. The Kier molecular flexibility index (Phi) is 3.14. The number of hydrogen-bond donors (Lipinski definition) is 2. The van der Waals surface area contributed by atoms with Crippen molar-refractivity contribution in [1.82, 2.24) is 0 Å². The predicted molar refractivity (Wildman–Crippen MR) is 43.5 cm³/mol. The van der Waals surface area contributed by atoms with Crippen LogP contribution >= 0.6 is 7.47 Å². The summed E-state index contributed by atoms with van der Waals surface area (Å²) in [5, 5.41) is 0. The summed E-state index contributed by atoms with van der Waals surface area (Å²) in [6.07, 6.45) is 0.567. The molecule has 0 rings (SSSR count). The Hall–Kier alpha value is 0.215. The van der Waals surface area contributed by atoms with Gasteiger partial charge in [0.15, 0.2) is 0 Å². The van der Waals surface area contributed by atoms with Gasteiger partial charge in [0.1, 0.15) is 0 Å². The first kappa shape index (κ1) is 10.2. The van der Waals surface area contributed by atoms with E-state index in [4.69, 9.17) is 9.79 Å². The fourth-order valence-electron chi connectivity index (χ4n) is 0.481. The minimum atomic E-state index is -3.76. The first-order valence-electron chi connectivity index (χ1n) is 3.25. The fraction of sp³-hybridized carbons (Fsp3) is 1.00. The molecule has 0 radical (unpaired) electrons. The average Bonchev–Trinajstić information content (AvgIpc) is 1.57. The number of hydrogen-bond acceptors (Lipinski definition) is 1. The number of rotatable bonds is 2. The summed E-state index contributed by atoms with van der Waals surface area (Å²) in [6.45, 7) is 5.88. The van der Waals surface area contributed by atoms with Gasteiger partial charge in [-0.1, -0.05) is 27.1 Å². The van der Waals surface area contributed by atoms with Gasteiger partial charge in [-0.25, -0.2) is 0 Å². The molecular formula is C5H14BO3P. The van der Waals surface area contributed by atoms with Gasteiger partial charge in [0.2, 0.25) is 0 Å². The van der Waals surface area contributed by atoms with E-state index in [1.165, 1.54) is 0 Å². The highest BCUT2D eigenvalue weighted by atomic mass is 31.2. The van der Waals surface area contributed by atoms with Crippen molar-refractivity contribution in [2.75, 3.05) is 0 Å². The zero-order chi connectivity index (χ0) is 8.41. The highest BCUT2D eigenvalue weighted by molar-refractivity contribution is 7.82. The Balaban J connectivity index is 3.67. The van der Waals surface area contributed by atoms with Crippen LogP contribution in [0.25, 0.3) is 0 Å². The third-order valence-electron chi connectivity index (χ3n) is 1.15. The highest BCUT2D eigenvalue weighted by Crippen LogP contribution is 2.36. The molecule has 0 amide bonds. The predicted octanol–water partition coefficient (Wildman–Crippen LogP) is 0.980. The standard InChI is InChI=1S/C5H14BO3P/c1-5(2,3)4-6-10(7,8)9/h6H,4H2,1-3H3,(H2,7,8,9). The van der Waals surface area contributed by atoms with Crippen LogP contribution in [0.1, 0.15) is 20.8 Å². The van der Waals surface area contributed by atoms with E-state index in [2.05, 4.69) is 0 Å². The molecule has 0 aromatic carbocycles. The van der Waals surface area contributed by atoms with Crippen molar-refractivity contribution in [1.29, 1.82) is 0 Å². The largest absolute Gasteiger partial charge is 0.332 e. The summed E-state index contributed by atoms with van der Waals surface area (Å²) in [4.78, 5) is 17.0. The third kappa shape index (κ3) is 8.21. The zero-order valence-corrected chi connectivity index (χ0v) is 7.56. The lowest BCUT2D eigenvalue weighted by molar-refractivity contribution is 0.390. The second-order valence-electron chi connectivity index (χ2n) is 3.70. The molecule has 0 aromatic rings. The SMILES string of the molecule is CC(C)(C)CBP(=O)(O)O. The Morgan fingerprint density at radius 2 is 1.80 bits per heavy atom. The molecule has 10 heavy (non-hydrogen) atoms. The average molecular weight is 164 g/mol. The highest BCUT2D eigenvalue weighted by Gasteiger charge is 2.20. The van der Waals surface area contributed by atoms with E-state index in [1.807, 2.05) is 20.8 Å². The lowest BCUT2D eigenvalue weighted by atomic mass is 9.80. The van der Waals surface area contributed by atoms with E-state index in [1.54, 1.807) is 0 Å². The Labute approximate surface area is 62.2 Å². The Morgan fingerprint density at radius 3 is 1.90 bits per heavy atom. The second kappa shape index (κ2) is 3.08. The van der Waals surface area contributed by atoms with Gasteiger partial charge >= 0.3 is 0 Å². The molecule has 0 atom stereocenters. The van der Waals surface area contributed by atoms with Crippen LogP contribution in [0.15, 0.2) is 0 Å². The van der Waals surface area contributed by atoms with Crippen LogP contribution in [-0.4, -0.2) is 16.8 Å². The topological polar surface area (TPSA) is 57.5 Å². The summed E-state index contributed by atoms with van der Waals surface area (Å²) in [7, 11) is -3.76. The van der Waals surface area contributed by atoms with Crippen LogP contribution < -0.4 is 0 Å². The van der Waals surface area contributed by atoms with E-state index >= 15 is 0 Å². The molecule has 0 aliphatic heterocycles. The van der Waals surface area contributed by atoms with Gasteiger partial charge in [-0.3, -0.25) is 4.57 Å². The fourth-order valence-corrected chi connectivity index (χ4v) is 1.44. The molecule has 3 nitrogen and oxygen atoms in total. The van der Waals surface area contributed by atoms with Gasteiger partial charge in [0.25, 0.3) is 14.5 Å². The molecule has 5 heteroatoms. The van der Waals surface area contributed by atoms with Crippen molar-refractivity contribution in [2.45, 2.75) is 27.1 Å². The van der Waals surface area contributed by atoms with Gasteiger partial charge in [-0.2, -0.15) is 0 Å². The smallest absolute Gasteiger partial charge is 0.270 e. The molecule has 60 valence electrons. The first-order chi connectivity index (χ1) is 4.21. The van der Waals surface area contributed by atoms with Crippen LogP contribution in [0.3, 0.4) is 0 Å². The van der Waals surface area contributed by atoms with Crippen molar-refractivity contribution >= 4 is 14.5 Å². The molecule has 0 heterocycles. The van der Waals surface area contributed by atoms with Gasteiger partial charge in [-0.15, -0.1) is 0 Å². The van der Waals surface area contributed by atoms with Crippen molar-refractivity contribution in [3.8, 4) is 0 Å². The van der Waals surface area contributed by atoms with Crippen molar-refractivity contribution in [3.05, 3.63) is 0 Å². The maximum absolute atomic E-state index is 10.4. The van der Waals surface area contributed by atoms with E-state index < -0.39 is 7.47 Å². The molecule has 0 spiro atoms. The van der Waals surface area contributed by atoms with Crippen molar-refractivity contribution in [3.63, 3.8) is 0 Å². The third-order valence-corrected chi connectivity index (χ3v) is 1.96. The Bertz CT molecular complexity index is 145. The van der Waals surface area contributed by atoms with Crippen LogP contribution in [0.2, 0.25) is 6.32 Å². The first-order valence-corrected chi connectivity index (χ1v) is 5.05. The molecular weight excluding hydrogens is 150 g/mol. The van der Waals surface area contributed by atoms with Gasteiger partial charge in [0.05, 0.1) is 0 Å². The molecule has 0 aromatic heterocycles. The van der Waals surface area contributed by atoms with Crippen molar-refractivity contribution < 1.29 is 14.4 Å². The second-order valence-corrected chi connectivity index (χ2v) is 5.48. The summed E-state index contributed by atoms with van der Waals surface area (Å²) in [6, 6.07) is 0. The molecule has 2 N–H and O–H groups in total. The normalized spacial score (nSPS) is 13.3. The molecule has 0 aliphatic rings. The van der Waals surface area contributed by atoms with Gasteiger partial charge in [-0.05, 0) is 5.41 Å². The van der Waals surface area contributed by atoms with E-state index in [0.717, 1.165) is 0 Å². The molecule has 0 saturated carbocycles. The van der Waals surface area contributed by atoms with Gasteiger partial charge < -0.3 is 9.79 Å². The maximum atomic E-state index is 10.4. The van der Waals surface area contributed by atoms with Crippen molar-refractivity contribution in [2.24, 2.45) is 5.41 Å². The summed E-state index contributed by atoms with van der Waals surface area (Å²) < 4.78 is 10.4. The molecule has 0 aliphatic carbocycles. The minimum Gasteiger partial charge on any atom is -0.332 e. The van der Waals surface area contributed by atoms with Crippen LogP contribution in [0, 0.1) is 5.41 Å². The molecule has 0 saturated heterocycles.